The molecule has 0 aliphatic heterocycles. The Morgan fingerprint density at radius 1 is 1.03 bits per heavy atom. The highest BCUT2D eigenvalue weighted by Crippen LogP contribution is 2.29. The molecule has 0 saturated carbocycles. The normalized spacial score (nSPS) is 10.3. The lowest BCUT2D eigenvalue weighted by Gasteiger charge is -2.12. The number of hydrogen-bond donors (Lipinski definition) is 1. The molecule has 1 aromatic heterocycles. The summed E-state index contributed by atoms with van der Waals surface area (Å²) in [6, 6.07) is 15.1. The van der Waals surface area contributed by atoms with E-state index in [0.717, 1.165) is 5.56 Å². The summed E-state index contributed by atoms with van der Waals surface area (Å²) in [7, 11) is 1.46. The number of carbonyl (C=O) groups excluding carboxylic acids is 2. The van der Waals surface area contributed by atoms with Crippen molar-refractivity contribution < 1.29 is 23.8 Å². The van der Waals surface area contributed by atoms with Crippen LogP contribution < -0.4 is 14.8 Å². The predicted molar refractivity (Wildman–Crippen MR) is 117 cm³/mol. The number of anilines is 1. The molecule has 0 unspecified atom stereocenters. The van der Waals surface area contributed by atoms with E-state index < -0.39 is 18.5 Å². The molecule has 1 amide bonds. The van der Waals surface area contributed by atoms with Crippen LogP contribution in [0.1, 0.15) is 15.9 Å². The van der Waals surface area contributed by atoms with E-state index in [1.807, 2.05) is 12.1 Å². The molecule has 9 heteroatoms. The van der Waals surface area contributed by atoms with Crippen LogP contribution in [0.4, 0.5) is 5.69 Å². The molecule has 3 aromatic rings. The lowest BCUT2D eigenvalue weighted by Crippen LogP contribution is -2.21. The lowest BCUT2D eigenvalue weighted by molar-refractivity contribution is -0.119. The van der Waals surface area contributed by atoms with Gasteiger partial charge in [-0.05, 0) is 48.0 Å². The number of aromatic nitrogens is 1. The van der Waals surface area contributed by atoms with E-state index in [2.05, 4.69) is 10.3 Å². The first-order valence-electron chi connectivity index (χ1n) is 9.09. The first-order valence-corrected chi connectivity index (χ1v) is 9.84. The van der Waals surface area contributed by atoms with Gasteiger partial charge >= 0.3 is 5.97 Å². The van der Waals surface area contributed by atoms with Crippen molar-refractivity contribution in [3.05, 3.63) is 82.1 Å². The number of nitrogens with zero attached hydrogens (tertiary/aromatic N) is 1. The molecule has 0 saturated heterocycles. The van der Waals surface area contributed by atoms with Gasteiger partial charge in [0.25, 0.3) is 5.91 Å². The number of carbonyl (C=O) groups is 2. The molecular formula is C22H18Cl2N2O5. The largest absolute Gasteiger partial charge is 0.493 e. The summed E-state index contributed by atoms with van der Waals surface area (Å²) in [5, 5.41) is 3.30. The van der Waals surface area contributed by atoms with Crippen molar-refractivity contribution >= 4 is 40.8 Å². The van der Waals surface area contributed by atoms with Crippen molar-refractivity contribution in [3.8, 4) is 11.5 Å². The molecule has 0 radical (unpaired) electrons. The second-order valence-electron chi connectivity index (χ2n) is 6.25. The van der Waals surface area contributed by atoms with Crippen LogP contribution in [0.3, 0.4) is 0 Å². The van der Waals surface area contributed by atoms with Gasteiger partial charge in [-0.2, -0.15) is 0 Å². The Morgan fingerprint density at radius 3 is 2.52 bits per heavy atom. The van der Waals surface area contributed by atoms with Crippen molar-refractivity contribution in [2.45, 2.75) is 6.61 Å². The van der Waals surface area contributed by atoms with Crippen LogP contribution in [0.15, 0.2) is 60.8 Å². The van der Waals surface area contributed by atoms with Gasteiger partial charge in [0.15, 0.2) is 23.3 Å². The molecule has 160 valence electrons. The minimum absolute atomic E-state index is 0.140. The van der Waals surface area contributed by atoms with E-state index in [4.69, 9.17) is 37.4 Å². The monoisotopic (exact) mass is 460 g/mol. The molecule has 1 N–H and O–H groups in total. The van der Waals surface area contributed by atoms with Gasteiger partial charge in [0, 0.05) is 11.2 Å². The highest BCUT2D eigenvalue weighted by atomic mass is 35.5. The van der Waals surface area contributed by atoms with Crippen molar-refractivity contribution in [1.29, 1.82) is 0 Å². The number of amides is 1. The summed E-state index contributed by atoms with van der Waals surface area (Å²) < 4.78 is 16.1. The fourth-order valence-electron chi connectivity index (χ4n) is 2.54. The fourth-order valence-corrected chi connectivity index (χ4v) is 2.83. The van der Waals surface area contributed by atoms with Gasteiger partial charge in [0.1, 0.15) is 6.61 Å². The molecule has 1 heterocycles. The maximum Gasteiger partial charge on any atom is 0.338 e. The topological polar surface area (TPSA) is 86.8 Å². The lowest BCUT2D eigenvalue weighted by atomic mass is 10.2. The molecule has 0 aliphatic carbocycles. The molecular weight excluding hydrogens is 443 g/mol. The van der Waals surface area contributed by atoms with Gasteiger partial charge in [-0.3, -0.25) is 4.79 Å². The van der Waals surface area contributed by atoms with E-state index in [1.54, 1.807) is 30.3 Å². The summed E-state index contributed by atoms with van der Waals surface area (Å²) >= 11 is 11.8. The Bertz CT molecular complexity index is 1070. The van der Waals surface area contributed by atoms with E-state index in [0.29, 0.717) is 28.8 Å². The number of nitrogens with one attached hydrogen (secondary N) is 1. The number of benzene rings is 2. The Hall–Kier alpha value is -3.29. The number of methoxy groups -OCH3 is 1. The molecule has 31 heavy (non-hydrogen) atoms. The van der Waals surface area contributed by atoms with Gasteiger partial charge in [0.2, 0.25) is 0 Å². The van der Waals surface area contributed by atoms with Crippen molar-refractivity contribution in [1.82, 2.24) is 4.98 Å². The Morgan fingerprint density at radius 2 is 1.81 bits per heavy atom. The first-order chi connectivity index (χ1) is 15.0. The number of esters is 1. The number of hydrogen-bond acceptors (Lipinski definition) is 6. The van der Waals surface area contributed by atoms with Gasteiger partial charge in [0.05, 0.1) is 18.4 Å². The number of ether oxygens (including phenoxy) is 3. The Kier molecular flexibility index (Phi) is 7.70. The molecule has 7 nitrogen and oxygen atoms in total. The summed E-state index contributed by atoms with van der Waals surface area (Å²) in [5.41, 5.74) is 1.46. The predicted octanol–water partition coefficient (Wildman–Crippen LogP) is 4.77. The van der Waals surface area contributed by atoms with Crippen LogP contribution in [0, 0.1) is 0 Å². The minimum atomic E-state index is -0.685. The fraction of sp³-hybridized carbons (Fsp3) is 0.136. The third-order valence-electron chi connectivity index (χ3n) is 4.07. The summed E-state index contributed by atoms with van der Waals surface area (Å²) in [5.74, 6) is -0.416. The molecule has 0 bridgehead atoms. The van der Waals surface area contributed by atoms with Crippen LogP contribution >= 0.6 is 23.2 Å². The molecule has 0 atom stereocenters. The highest BCUT2D eigenvalue weighted by Gasteiger charge is 2.15. The van der Waals surface area contributed by atoms with Crippen LogP contribution in [-0.2, 0) is 16.1 Å². The van der Waals surface area contributed by atoms with E-state index in [9.17, 15) is 9.59 Å². The Balaban J connectivity index is 1.57. The van der Waals surface area contributed by atoms with Crippen molar-refractivity contribution in [2.75, 3.05) is 19.0 Å². The van der Waals surface area contributed by atoms with E-state index in [-0.39, 0.29) is 10.7 Å². The van der Waals surface area contributed by atoms with Gasteiger partial charge < -0.3 is 19.5 Å². The molecule has 0 spiro atoms. The molecule has 0 aliphatic rings. The zero-order valence-electron chi connectivity index (χ0n) is 16.4. The second-order valence-corrected chi connectivity index (χ2v) is 7.04. The standard InChI is InChI=1S/C22H18Cl2N2O5/c1-29-19-11-15(6-9-18(19)30-12-14-4-7-16(23)8-5-14)22(28)31-13-20(27)26-17-3-2-10-25-21(17)24/h2-11H,12-13H2,1H3,(H,26,27). The summed E-state index contributed by atoms with van der Waals surface area (Å²) in [4.78, 5) is 28.2. The third-order valence-corrected chi connectivity index (χ3v) is 4.63. The van der Waals surface area contributed by atoms with Crippen molar-refractivity contribution in [2.24, 2.45) is 0 Å². The quantitative estimate of drug-likeness (QED) is 0.384. The van der Waals surface area contributed by atoms with Crippen LogP contribution in [0.5, 0.6) is 11.5 Å². The average molecular weight is 461 g/mol. The first kappa shape index (κ1) is 22.4. The molecule has 2 aromatic carbocycles. The SMILES string of the molecule is COc1cc(C(=O)OCC(=O)Nc2cccnc2Cl)ccc1OCc1ccc(Cl)cc1. The second kappa shape index (κ2) is 10.7. The number of pyridine rings is 1. The average Bonchev–Trinajstić information content (AvgIpc) is 2.78. The highest BCUT2D eigenvalue weighted by molar-refractivity contribution is 6.32. The van der Waals surface area contributed by atoms with Gasteiger partial charge in [-0.25, -0.2) is 9.78 Å². The zero-order chi connectivity index (χ0) is 22.2. The molecule has 3 rings (SSSR count). The number of halogens is 2. The van der Waals surface area contributed by atoms with Gasteiger partial charge in [-0.15, -0.1) is 0 Å². The Labute approximate surface area is 188 Å². The van der Waals surface area contributed by atoms with Crippen LogP contribution in [0.25, 0.3) is 0 Å². The summed E-state index contributed by atoms with van der Waals surface area (Å²) in [6.45, 7) is -0.185. The molecule has 0 fully saturated rings. The third kappa shape index (κ3) is 6.34. The smallest absolute Gasteiger partial charge is 0.338 e. The number of rotatable bonds is 8. The van der Waals surface area contributed by atoms with E-state index in [1.165, 1.54) is 25.4 Å². The van der Waals surface area contributed by atoms with E-state index >= 15 is 0 Å². The van der Waals surface area contributed by atoms with Crippen LogP contribution in [-0.4, -0.2) is 30.6 Å². The maximum absolute atomic E-state index is 12.3. The van der Waals surface area contributed by atoms with Crippen LogP contribution in [0.2, 0.25) is 10.2 Å². The van der Waals surface area contributed by atoms with Crippen molar-refractivity contribution in [3.63, 3.8) is 0 Å². The minimum Gasteiger partial charge on any atom is -0.493 e. The summed E-state index contributed by atoms with van der Waals surface area (Å²) in [6.07, 6.45) is 1.49. The maximum atomic E-state index is 12.3. The van der Waals surface area contributed by atoms with Gasteiger partial charge in [-0.1, -0.05) is 35.3 Å². The zero-order valence-corrected chi connectivity index (χ0v) is 17.9.